The van der Waals surface area contributed by atoms with Gasteiger partial charge in [0.05, 0.1) is 0 Å². The van der Waals surface area contributed by atoms with E-state index in [2.05, 4.69) is 15.9 Å². The third-order valence-electron chi connectivity index (χ3n) is 2.88. The number of benzene rings is 2. The zero-order valence-electron chi connectivity index (χ0n) is 11.5. The number of hydrogen-bond donors (Lipinski definition) is 1. The fraction of sp³-hybridized carbons (Fsp3) is 0.250. The number of ether oxygens (including phenoxy) is 1. The van der Waals surface area contributed by atoms with Gasteiger partial charge in [0.15, 0.2) is 11.6 Å². The first kappa shape index (κ1) is 15.0. The highest BCUT2D eigenvalue weighted by atomic mass is 79.9. The molecule has 106 valence electrons. The van der Waals surface area contributed by atoms with Crippen molar-refractivity contribution in [3.05, 3.63) is 57.8 Å². The van der Waals surface area contributed by atoms with Crippen molar-refractivity contribution in [3.63, 3.8) is 0 Å². The van der Waals surface area contributed by atoms with Gasteiger partial charge in [-0.3, -0.25) is 0 Å². The minimum absolute atomic E-state index is 0.0147. The van der Waals surface area contributed by atoms with Crippen molar-refractivity contribution >= 4 is 15.9 Å². The summed E-state index contributed by atoms with van der Waals surface area (Å²) < 4.78 is 20.4. The molecule has 1 atom stereocenters. The van der Waals surface area contributed by atoms with Gasteiger partial charge >= 0.3 is 0 Å². The molecule has 2 nitrogen and oxygen atoms in total. The number of aryl methyl sites for hydroxylation is 1. The molecular formula is C16H17BrFNO. The van der Waals surface area contributed by atoms with E-state index in [4.69, 9.17) is 10.5 Å². The summed E-state index contributed by atoms with van der Waals surface area (Å²) in [5.41, 5.74) is 7.75. The van der Waals surface area contributed by atoms with Crippen LogP contribution in [0.15, 0.2) is 40.9 Å². The van der Waals surface area contributed by atoms with Crippen LogP contribution in [0.5, 0.6) is 11.5 Å². The molecule has 0 aliphatic carbocycles. The van der Waals surface area contributed by atoms with Gasteiger partial charge in [-0.15, -0.1) is 0 Å². The minimum Gasteiger partial charge on any atom is -0.454 e. The molecule has 1 unspecified atom stereocenters. The molecule has 0 aliphatic rings. The fourth-order valence-corrected chi connectivity index (χ4v) is 2.29. The molecule has 0 amide bonds. The van der Waals surface area contributed by atoms with Crippen LogP contribution in [-0.2, 0) is 6.42 Å². The van der Waals surface area contributed by atoms with Crippen molar-refractivity contribution in [2.45, 2.75) is 26.3 Å². The summed E-state index contributed by atoms with van der Waals surface area (Å²) >= 11 is 3.40. The van der Waals surface area contributed by atoms with Gasteiger partial charge in [0, 0.05) is 10.5 Å². The van der Waals surface area contributed by atoms with E-state index in [1.54, 1.807) is 12.1 Å². The molecule has 20 heavy (non-hydrogen) atoms. The first-order chi connectivity index (χ1) is 9.45. The number of halogens is 2. The maximum atomic E-state index is 13.8. The summed E-state index contributed by atoms with van der Waals surface area (Å²) in [7, 11) is 0. The zero-order chi connectivity index (χ0) is 14.7. The smallest absolute Gasteiger partial charge is 0.165 e. The van der Waals surface area contributed by atoms with Gasteiger partial charge in [-0.05, 0) is 55.7 Å². The van der Waals surface area contributed by atoms with E-state index in [1.807, 2.05) is 32.0 Å². The van der Waals surface area contributed by atoms with Crippen LogP contribution >= 0.6 is 15.9 Å². The number of rotatable bonds is 4. The van der Waals surface area contributed by atoms with Crippen LogP contribution in [0, 0.1) is 12.7 Å². The lowest BCUT2D eigenvalue weighted by atomic mass is 10.1. The van der Waals surface area contributed by atoms with E-state index in [1.165, 1.54) is 6.07 Å². The normalized spacial score (nSPS) is 12.2. The van der Waals surface area contributed by atoms with Gasteiger partial charge < -0.3 is 10.5 Å². The van der Waals surface area contributed by atoms with E-state index in [9.17, 15) is 4.39 Å². The van der Waals surface area contributed by atoms with Gasteiger partial charge in [-0.25, -0.2) is 4.39 Å². The molecule has 2 rings (SSSR count). The Morgan fingerprint density at radius 3 is 2.65 bits per heavy atom. The maximum Gasteiger partial charge on any atom is 0.165 e. The number of hydrogen-bond acceptors (Lipinski definition) is 2. The first-order valence-electron chi connectivity index (χ1n) is 6.43. The van der Waals surface area contributed by atoms with Gasteiger partial charge in [0.25, 0.3) is 0 Å². The Balaban J connectivity index is 2.36. The second kappa shape index (κ2) is 6.37. The SMILES string of the molecule is Cc1ccc(F)c(Oc2cc(Br)ccc2CC(C)N)c1. The van der Waals surface area contributed by atoms with Gasteiger partial charge in [0.2, 0.25) is 0 Å². The molecule has 2 aromatic rings. The van der Waals surface area contributed by atoms with E-state index in [0.29, 0.717) is 12.2 Å². The second-order valence-corrected chi connectivity index (χ2v) is 5.89. The Labute approximate surface area is 126 Å². The molecular weight excluding hydrogens is 321 g/mol. The van der Waals surface area contributed by atoms with Gasteiger partial charge in [-0.1, -0.05) is 28.1 Å². The molecule has 2 aromatic carbocycles. The van der Waals surface area contributed by atoms with Crippen molar-refractivity contribution in [3.8, 4) is 11.5 Å². The van der Waals surface area contributed by atoms with Crippen molar-refractivity contribution in [1.82, 2.24) is 0 Å². The summed E-state index contributed by atoms with van der Waals surface area (Å²) in [6.45, 7) is 3.83. The Hall–Kier alpha value is -1.39. The lowest BCUT2D eigenvalue weighted by Gasteiger charge is -2.14. The van der Waals surface area contributed by atoms with E-state index >= 15 is 0 Å². The van der Waals surface area contributed by atoms with Crippen LogP contribution in [0.25, 0.3) is 0 Å². The highest BCUT2D eigenvalue weighted by Crippen LogP contribution is 2.31. The summed E-state index contributed by atoms with van der Waals surface area (Å²) in [4.78, 5) is 0. The highest BCUT2D eigenvalue weighted by molar-refractivity contribution is 9.10. The van der Waals surface area contributed by atoms with Crippen molar-refractivity contribution in [2.75, 3.05) is 0 Å². The third kappa shape index (κ3) is 3.81. The monoisotopic (exact) mass is 337 g/mol. The summed E-state index contributed by atoms with van der Waals surface area (Å²) in [6.07, 6.45) is 0.677. The summed E-state index contributed by atoms with van der Waals surface area (Å²) in [6, 6.07) is 10.5. The van der Waals surface area contributed by atoms with Crippen molar-refractivity contribution in [1.29, 1.82) is 0 Å². The molecule has 0 heterocycles. The van der Waals surface area contributed by atoms with Crippen molar-refractivity contribution in [2.24, 2.45) is 5.73 Å². The Morgan fingerprint density at radius 1 is 1.20 bits per heavy atom. The molecule has 0 radical (unpaired) electrons. The minimum atomic E-state index is -0.373. The molecule has 2 N–H and O–H groups in total. The molecule has 0 saturated heterocycles. The number of nitrogens with two attached hydrogens (primary N) is 1. The molecule has 0 spiro atoms. The Morgan fingerprint density at radius 2 is 1.95 bits per heavy atom. The summed E-state index contributed by atoms with van der Waals surface area (Å²) in [5.74, 6) is 0.484. The second-order valence-electron chi connectivity index (χ2n) is 4.97. The van der Waals surface area contributed by atoms with Crippen molar-refractivity contribution < 1.29 is 9.13 Å². The van der Waals surface area contributed by atoms with Crippen LogP contribution < -0.4 is 10.5 Å². The maximum absolute atomic E-state index is 13.8. The average Bonchev–Trinajstić information content (AvgIpc) is 2.37. The molecule has 0 fully saturated rings. The van der Waals surface area contributed by atoms with Crippen LogP contribution in [0.2, 0.25) is 0 Å². The average molecular weight is 338 g/mol. The molecule has 0 aromatic heterocycles. The van der Waals surface area contributed by atoms with Gasteiger partial charge in [-0.2, -0.15) is 0 Å². The lowest BCUT2D eigenvalue weighted by Crippen LogP contribution is -2.18. The topological polar surface area (TPSA) is 35.2 Å². The van der Waals surface area contributed by atoms with Crippen LogP contribution in [-0.4, -0.2) is 6.04 Å². The van der Waals surface area contributed by atoms with Crippen LogP contribution in [0.1, 0.15) is 18.1 Å². The Bertz CT molecular complexity index is 613. The van der Waals surface area contributed by atoms with Crippen LogP contribution in [0.4, 0.5) is 4.39 Å². The Kier molecular flexibility index (Phi) is 4.78. The third-order valence-corrected chi connectivity index (χ3v) is 3.37. The molecule has 0 saturated carbocycles. The molecule has 0 bridgehead atoms. The first-order valence-corrected chi connectivity index (χ1v) is 7.23. The zero-order valence-corrected chi connectivity index (χ0v) is 13.1. The highest BCUT2D eigenvalue weighted by Gasteiger charge is 2.11. The largest absolute Gasteiger partial charge is 0.454 e. The van der Waals surface area contributed by atoms with Gasteiger partial charge in [0.1, 0.15) is 5.75 Å². The quantitative estimate of drug-likeness (QED) is 0.886. The predicted molar refractivity (Wildman–Crippen MR) is 82.7 cm³/mol. The standard InChI is InChI=1S/C16H17BrFNO/c1-10-3-6-14(18)16(7-10)20-15-9-13(17)5-4-12(15)8-11(2)19/h3-7,9,11H,8,19H2,1-2H3. The summed E-state index contributed by atoms with van der Waals surface area (Å²) in [5, 5.41) is 0. The predicted octanol–water partition coefficient (Wildman–Crippen LogP) is 4.58. The lowest BCUT2D eigenvalue weighted by molar-refractivity contribution is 0.435. The molecule has 0 aliphatic heterocycles. The van der Waals surface area contributed by atoms with E-state index in [0.717, 1.165) is 15.6 Å². The van der Waals surface area contributed by atoms with Crippen LogP contribution in [0.3, 0.4) is 0 Å². The fourth-order valence-electron chi connectivity index (χ4n) is 1.95. The van der Waals surface area contributed by atoms with E-state index in [-0.39, 0.29) is 17.6 Å². The van der Waals surface area contributed by atoms with E-state index < -0.39 is 0 Å². The molecule has 4 heteroatoms.